The number of cyclic esters (lactones) is 1. The monoisotopic (exact) mass is 909 g/mol. The van der Waals surface area contributed by atoms with Crippen molar-refractivity contribution in [3.8, 4) is 0 Å². The number of unbranched alkanes of at least 4 members (excludes halogenated alkanes) is 11. The molecule has 362 valence electrons. The van der Waals surface area contributed by atoms with Gasteiger partial charge < -0.3 is 55.2 Å². The third-order valence-electron chi connectivity index (χ3n) is 11.9. The molecule has 2 fully saturated rings. The van der Waals surface area contributed by atoms with Crippen LogP contribution in [0.2, 0.25) is 0 Å². The lowest BCUT2D eigenvalue weighted by Gasteiger charge is -2.37. The Morgan fingerprint density at radius 2 is 1.39 bits per heavy atom. The number of carbonyl (C=O) groups is 2. The van der Waals surface area contributed by atoms with E-state index in [0.29, 0.717) is 44.9 Å². The zero-order valence-corrected chi connectivity index (χ0v) is 38.1. The van der Waals surface area contributed by atoms with E-state index in [4.69, 9.17) is 18.5 Å². The molecule has 2 bridgehead atoms. The Hall–Kier alpha value is -1.79. The van der Waals surface area contributed by atoms with E-state index in [1.165, 1.54) is 37.8 Å². The number of rotatable bonds is 21. The largest absolute Gasteiger partial charge is 0.472 e. The van der Waals surface area contributed by atoms with Gasteiger partial charge in [-0.1, -0.05) is 115 Å². The molecule has 16 nitrogen and oxygen atoms in total. The van der Waals surface area contributed by atoms with Gasteiger partial charge in [-0.05, 0) is 51.4 Å². The van der Waals surface area contributed by atoms with Crippen LogP contribution in [0.1, 0.15) is 162 Å². The van der Waals surface area contributed by atoms with Gasteiger partial charge in [-0.15, -0.1) is 0 Å². The number of ether oxygens (including phenoxy) is 2. The van der Waals surface area contributed by atoms with Crippen LogP contribution in [0.5, 0.6) is 0 Å². The topological polar surface area (TPSA) is 270 Å². The Morgan fingerprint density at radius 3 is 2.08 bits per heavy atom. The molecular formula is C45H81O16P. The predicted octanol–water partition coefficient (Wildman–Crippen LogP) is 5.21. The first-order valence-electron chi connectivity index (χ1n) is 23.4. The number of phosphoric acid groups is 1. The van der Waals surface area contributed by atoms with Crippen LogP contribution in [0.4, 0.5) is 0 Å². The molecule has 0 radical (unpaired) electrons. The predicted molar refractivity (Wildman–Crippen MR) is 232 cm³/mol. The van der Waals surface area contributed by atoms with Crippen LogP contribution in [0.15, 0.2) is 24.3 Å². The van der Waals surface area contributed by atoms with Crippen molar-refractivity contribution in [1.29, 1.82) is 0 Å². The summed E-state index contributed by atoms with van der Waals surface area (Å²) in [6.45, 7) is 2.83. The van der Waals surface area contributed by atoms with Gasteiger partial charge >= 0.3 is 19.8 Å². The molecule has 62 heavy (non-hydrogen) atoms. The number of hydrogen-bond donors (Lipinski definition) is 9. The van der Waals surface area contributed by atoms with E-state index in [1.54, 1.807) is 0 Å². The first kappa shape index (κ1) is 56.3. The first-order valence-corrected chi connectivity index (χ1v) is 24.9. The number of hydrogen-bond acceptors (Lipinski definition) is 15. The minimum atomic E-state index is -5.42. The highest BCUT2D eigenvalue weighted by atomic mass is 31.2. The van der Waals surface area contributed by atoms with Crippen molar-refractivity contribution >= 4 is 19.8 Å². The van der Waals surface area contributed by atoms with Crippen molar-refractivity contribution in [2.45, 2.75) is 223 Å². The maximum atomic E-state index is 13.5. The van der Waals surface area contributed by atoms with Crippen LogP contribution >= 0.6 is 7.82 Å². The quantitative estimate of drug-likeness (QED) is 0.0309. The lowest BCUT2D eigenvalue weighted by Crippen LogP contribution is -2.55. The average Bonchev–Trinajstić information content (AvgIpc) is 3.23. The molecule has 1 aliphatic carbocycles. The highest BCUT2D eigenvalue weighted by Gasteiger charge is 2.49. The summed E-state index contributed by atoms with van der Waals surface area (Å²) in [6.07, 6.45) is 4.12. The molecule has 2 rings (SSSR count). The van der Waals surface area contributed by atoms with E-state index in [9.17, 15) is 59.9 Å². The van der Waals surface area contributed by atoms with Crippen molar-refractivity contribution in [3.63, 3.8) is 0 Å². The number of allylic oxidation sites excluding steroid dienone is 2. The molecule has 13 atom stereocenters. The molecule has 0 aromatic heterocycles. The minimum Gasteiger partial charge on any atom is -0.462 e. The van der Waals surface area contributed by atoms with E-state index >= 15 is 0 Å². The molecular weight excluding hydrogens is 827 g/mol. The Kier molecular flexibility index (Phi) is 29.1. The Balaban J connectivity index is 2.20. The van der Waals surface area contributed by atoms with Gasteiger partial charge in [-0.25, -0.2) is 4.57 Å². The standard InChI is InChI=1S/C45H81O16P/c1-3-5-7-8-9-10-11-12-13-14-15-16-21-25-38(49)58-30-33-31-59-62(56,57)61-45-43(54)41(52)35(28-27-32(46)23-19-6-4-2)37(48)29-36(47)34(40(51)42(53)44(45)55)24-20-17-18-22-26-39(50)60-33/h10-11,27-28,32-37,40-48,51-55H,3-9,12-26,29-31H2,1-2H3,(H,56,57)/b11-10-,28-27+/t32-,33+,34-,35-,36-,37+,40+,41+,42-,43+,44+,45+/m0/s1. The normalized spacial score (nSPS) is 33.2. The maximum Gasteiger partial charge on any atom is 0.472 e. The molecule has 1 heterocycles. The molecule has 1 saturated heterocycles. The number of fused-ring (bicyclic) bond motifs is 4. The summed E-state index contributed by atoms with van der Waals surface area (Å²) < 4.78 is 34.7. The average molecular weight is 909 g/mol. The van der Waals surface area contributed by atoms with Crippen molar-refractivity contribution in [1.82, 2.24) is 0 Å². The van der Waals surface area contributed by atoms with Gasteiger partial charge in [0.25, 0.3) is 0 Å². The highest BCUT2D eigenvalue weighted by Crippen LogP contribution is 2.47. The van der Waals surface area contributed by atoms with Gasteiger partial charge in [0, 0.05) is 31.1 Å². The van der Waals surface area contributed by atoms with Gasteiger partial charge in [0.2, 0.25) is 0 Å². The first-order chi connectivity index (χ1) is 29.6. The summed E-state index contributed by atoms with van der Waals surface area (Å²) in [7, 11) is -5.42. The molecule has 0 aromatic carbocycles. The number of phosphoric ester groups is 1. The van der Waals surface area contributed by atoms with Crippen molar-refractivity contribution in [3.05, 3.63) is 24.3 Å². The Bertz CT molecular complexity index is 1320. The summed E-state index contributed by atoms with van der Waals surface area (Å²) in [6, 6.07) is 0. The molecule has 0 aromatic rings. The maximum absolute atomic E-state index is 13.5. The zero-order valence-electron chi connectivity index (χ0n) is 37.2. The second-order valence-electron chi connectivity index (χ2n) is 17.2. The summed E-state index contributed by atoms with van der Waals surface area (Å²) in [4.78, 5) is 36.4. The lowest BCUT2D eigenvalue weighted by molar-refractivity contribution is -0.167. The molecule has 1 aliphatic heterocycles. The minimum absolute atomic E-state index is 0.0490. The molecule has 17 heteroatoms. The molecule has 1 saturated carbocycles. The lowest BCUT2D eigenvalue weighted by atomic mass is 9.82. The Morgan fingerprint density at radius 1 is 0.774 bits per heavy atom. The van der Waals surface area contributed by atoms with Crippen molar-refractivity contribution in [2.75, 3.05) is 13.2 Å². The fourth-order valence-electron chi connectivity index (χ4n) is 7.96. The highest BCUT2D eigenvalue weighted by molar-refractivity contribution is 7.47. The molecule has 0 spiro atoms. The Labute approximate surface area is 369 Å². The van der Waals surface area contributed by atoms with E-state index in [-0.39, 0.29) is 19.3 Å². The fraction of sp³-hybridized carbons (Fsp3) is 0.867. The third-order valence-corrected chi connectivity index (χ3v) is 12.8. The summed E-state index contributed by atoms with van der Waals surface area (Å²) >= 11 is 0. The number of carbonyl (C=O) groups excluding carboxylic acids is 2. The molecule has 2 aliphatic rings. The number of esters is 2. The van der Waals surface area contributed by atoms with Gasteiger partial charge in [0.1, 0.15) is 31.0 Å². The smallest absolute Gasteiger partial charge is 0.462 e. The van der Waals surface area contributed by atoms with Crippen LogP contribution in [-0.4, -0.2) is 132 Å². The van der Waals surface area contributed by atoms with Crippen LogP contribution in [0.25, 0.3) is 0 Å². The van der Waals surface area contributed by atoms with Crippen LogP contribution in [-0.2, 0) is 32.7 Å². The zero-order chi connectivity index (χ0) is 45.9. The number of aliphatic hydroxyl groups excluding tert-OH is 8. The van der Waals surface area contributed by atoms with E-state index in [2.05, 4.69) is 19.1 Å². The third kappa shape index (κ3) is 22.4. The second-order valence-corrected chi connectivity index (χ2v) is 18.6. The van der Waals surface area contributed by atoms with Gasteiger partial charge in [0.15, 0.2) is 6.10 Å². The van der Waals surface area contributed by atoms with Crippen molar-refractivity contribution in [2.24, 2.45) is 11.8 Å². The second kappa shape index (κ2) is 32.0. The van der Waals surface area contributed by atoms with Crippen LogP contribution in [0.3, 0.4) is 0 Å². The van der Waals surface area contributed by atoms with Gasteiger partial charge in [-0.3, -0.25) is 18.6 Å². The SMILES string of the molecule is CCCCCC/C=C\CCCCCCCC(=O)OC[C@@H]1COP(=O)(O)O[C@H]2[C@H](O)[C@@H](O)[C@H](O)[C@@H](CCCCCCC(=O)O1)[C@@H](O)C[C@@H](O)[C@H](/C=C/[C@@H](O)CCCCC)[C@@H](O)[C@H]2O. The summed E-state index contributed by atoms with van der Waals surface area (Å²) in [5.74, 6) is -3.87. The van der Waals surface area contributed by atoms with E-state index < -0.39 is 112 Å². The number of aliphatic hydroxyl groups is 8. The summed E-state index contributed by atoms with van der Waals surface area (Å²) in [5.41, 5.74) is 0. The van der Waals surface area contributed by atoms with E-state index in [1.807, 2.05) is 6.92 Å². The molecule has 0 amide bonds. The van der Waals surface area contributed by atoms with E-state index in [0.717, 1.165) is 51.4 Å². The fourth-order valence-corrected chi connectivity index (χ4v) is 8.94. The summed E-state index contributed by atoms with van der Waals surface area (Å²) in [5, 5.41) is 90.0. The van der Waals surface area contributed by atoms with Gasteiger partial charge in [-0.2, -0.15) is 0 Å². The van der Waals surface area contributed by atoms with Crippen molar-refractivity contribution < 1.29 is 78.4 Å². The molecule has 9 N–H and O–H groups in total. The molecule has 1 unspecified atom stereocenters. The van der Waals surface area contributed by atoms with Gasteiger partial charge in [0.05, 0.1) is 37.1 Å². The van der Waals surface area contributed by atoms with Crippen LogP contribution in [0, 0.1) is 11.8 Å². The van der Waals surface area contributed by atoms with Crippen LogP contribution < -0.4 is 0 Å².